The SMILES string of the molecule is CC(C(=O)O)c1ccc(CNCC(C)(C)CN(C)C)cc1. The number of carboxylic acid groups (broad SMARTS) is 1. The van der Waals surface area contributed by atoms with Gasteiger partial charge in [0.15, 0.2) is 0 Å². The van der Waals surface area contributed by atoms with Crippen molar-refractivity contribution in [3.8, 4) is 0 Å². The Balaban J connectivity index is 2.48. The highest BCUT2D eigenvalue weighted by Gasteiger charge is 2.18. The lowest BCUT2D eigenvalue weighted by Gasteiger charge is -2.28. The Bertz CT molecular complexity index is 452. The van der Waals surface area contributed by atoms with E-state index in [4.69, 9.17) is 5.11 Å². The van der Waals surface area contributed by atoms with Crippen LogP contribution in [-0.4, -0.2) is 43.2 Å². The molecule has 1 rings (SSSR count). The fraction of sp³-hybridized carbons (Fsp3) is 0.588. The summed E-state index contributed by atoms with van der Waals surface area (Å²) in [7, 11) is 4.17. The highest BCUT2D eigenvalue weighted by Crippen LogP contribution is 2.17. The van der Waals surface area contributed by atoms with Gasteiger partial charge in [-0.25, -0.2) is 0 Å². The number of nitrogens with zero attached hydrogens (tertiary/aromatic N) is 1. The van der Waals surface area contributed by atoms with Crippen molar-refractivity contribution in [2.75, 3.05) is 27.2 Å². The molecule has 1 aromatic carbocycles. The molecule has 1 unspecified atom stereocenters. The normalized spacial score (nSPS) is 13.4. The lowest BCUT2D eigenvalue weighted by Crippen LogP contribution is -2.37. The third-order valence-electron chi connectivity index (χ3n) is 3.53. The summed E-state index contributed by atoms with van der Waals surface area (Å²) < 4.78 is 0. The molecular formula is C17H28N2O2. The van der Waals surface area contributed by atoms with Crippen LogP contribution in [0.1, 0.15) is 37.8 Å². The van der Waals surface area contributed by atoms with Crippen LogP contribution in [0, 0.1) is 5.41 Å². The van der Waals surface area contributed by atoms with Gasteiger partial charge in [0.1, 0.15) is 0 Å². The first-order valence-electron chi connectivity index (χ1n) is 7.38. The molecule has 0 amide bonds. The predicted octanol–water partition coefficient (Wildman–Crippen LogP) is 2.55. The van der Waals surface area contributed by atoms with Gasteiger partial charge in [0, 0.05) is 19.6 Å². The van der Waals surface area contributed by atoms with Gasteiger partial charge in [-0.15, -0.1) is 0 Å². The van der Waals surface area contributed by atoms with Crippen LogP contribution < -0.4 is 5.32 Å². The highest BCUT2D eigenvalue weighted by molar-refractivity contribution is 5.75. The molecule has 0 aliphatic heterocycles. The molecule has 21 heavy (non-hydrogen) atoms. The maximum absolute atomic E-state index is 10.9. The van der Waals surface area contributed by atoms with Crippen LogP contribution in [0.5, 0.6) is 0 Å². The number of hydrogen-bond acceptors (Lipinski definition) is 3. The molecule has 118 valence electrons. The van der Waals surface area contributed by atoms with Crippen LogP contribution >= 0.6 is 0 Å². The molecule has 0 aliphatic carbocycles. The van der Waals surface area contributed by atoms with Crippen LogP contribution in [-0.2, 0) is 11.3 Å². The van der Waals surface area contributed by atoms with E-state index in [1.165, 1.54) is 5.56 Å². The topological polar surface area (TPSA) is 52.6 Å². The zero-order valence-corrected chi connectivity index (χ0v) is 13.8. The number of benzene rings is 1. The Hall–Kier alpha value is -1.39. The van der Waals surface area contributed by atoms with Crippen LogP contribution in [0.4, 0.5) is 0 Å². The lowest BCUT2D eigenvalue weighted by atomic mass is 9.93. The average molecular weight is 292 g/mol. The van der Waals surface area contributed by atoms with Crippen molar-refractivity contribution >= 4 is 5.97 Å². The minimum Gasteiger partial charge on any atom is -0.481 e. The number of nitrogens with one attached hydrogen (secondary N) is 1. The van der Waals surface area contributed by atoms with Gasteiger partial charge in [0.2, 0.25) is 0 Å². The Kier molecular flexibility index (Phi) is 6.37. The first kappa shape index (κ1) is 17.7. The Labute approximate surface area is 128 Å². The molecule has 0 saturated heterocycles. The smallest absolute Gasteiger partial charge is 0.310 e. The van der Waals surface area contributed by atoms with Gasteiger partial charge >= 0.3 is 5.97 Å². The third-order valence-corrected chi connectivity index (χ3v) is 3.53. The molecule has 1 aromatic rings. The number of carboxylic acids is 1. The summed E-state index contributed by atoms with van der Waals surface area (Å²) in [6.07, 6.45) is 0. The van der Waals surface area contributed by atoms with E-state index in [1.807, 2.05) is 24.3 Å². The van der Waals surface area contributed by atoms with Crippen molar-refractivity contribution in [3.63, 3.8) is 0 Å². The molecule has 0 saturated carbocycles. The molecule has 0 spiro atoms. The van der Waals surface area contributed by atoms with Crippen LogP contribution in [0.25, 0.3) is 0 Å². The number of carbonyl (C=O) groups is 1. The summed E-state index contributed by atoms with van der Waals surface area (Å²) in [6, 6.07) is 7.81. The predicted molar refractivity (Wildman–Crippen MR) is 86.5 cm³/mol. The zero-order chi connectivity index (χ0) is 16.0. The summed E-state index contributed by atoms with van der Waals surface area (Å²) in [4.78, 5) is 13.1. The first-order chi connectivity index (χ1) is 9.71. The Morgan fingerprint density at radius 1 is 1.29 bits per heavy atom. The van der Waals surface area contributed by atoms with Crippen molar-refractivity contribution < 1.29 is 9.90 Å². The van der Waals surface area contributed by atoms with Gasteiger partial charge in [-0.1, -0.05) is 38.1 Å². The van der Waals surface area contributed by atoms with E-state index in [-0.39, 0.29) is 5.41 Å². The fourth-order valence-electron chi connectivity index (χ4n) is 2.52. The van der Waals surface area contributed by atoms with Gasteiger partial charge in [-0.2, -0.15) is 0 Å². The van der Waals surface area contributed by atoms with Gasteiger partial charge in [-0.05, 0) is 37.6 Å². The fourth-order valence-corrected chi connectivity index (χ4v) is 2.52. The van der Waals surface area contributed by atoms with Gasteiger partial charge in [-0.3, -0.25) is 4.79 Å². The second-order valence-corrected chi connectivity index (χ2v) is 6.81. The largest absolute Gasteiger partial charge is 0.481 e. The maximum atomic E-state index is 10.9. The van der Waals surface area contributed by atoms with Gasteiger partial charge < -0.3 is 15.3 Å². The Morgan fingerprint density at radius 3 is 2.33 bits per heavy atom. The van der Waals surface area contributed by atoms with E-state index >= 15 is 0 Å². The molecule has 0 aromatic heterocycles. The minimum atomic E-state index is -0.786. The van der Waals surface area contributed by atoms with Crippen molar-refractivity contribution in [3.05, 3.63) is 35.4 Å². The van der Waals surface area contributed by atoms with Crippen molar-refractivity contribution in [2.45, 2.75) is 33.2 Å². The number of hydrogen-bond donors (Lipinski definition) is 2. The van der Waals surface area contributed by atoms with Crippen molar-refractivity contribution in [1.29, 1.82) is 0 Å². The third kappa shape index (κ3) is 6.27. The van der Waals surface area contributed by atoms with Crippen LogP contribution in [0.15, 0.2) is 24.3 Å². The second kappa shape index (κ2) is 7.57. The quantitative estimate of drug-likeness (QED) is 0.773. The van der Waals surface area contributed by atoms with Gasteiger partial charge in [0.05, 0.1) is 5.92 Å². The zero-order valence-electron chi connectivity index (χ0n) is 13.8. The molecule has 4 heteroatoms. The number of aliphatic carboxylic acids is 1. The first-order valence-corrected chi connectivity index (χ1v) is 7.38. The van der Waals surface area contributed by atoms with Gasteiger partial charge in [0.25, 0.3) is 0 Å². The van der Waals surface area contributed by atoms with Crippen LogP contribution in [0.2, 0.25) is 0 Å². The molecule has 0 radical (unpaired) electrons. The number of rotatable bonds is 8. The molecule has 1 atom stereocenters. The monoisotopic (exact) mass is 292 g/mol. The summed E-state index contributed by atoms with van der Waals surface area (Å²) in [5.74, 6) is -1.24. The Morgan fingerprint density at radius 2 is 1.86 bits per heavy atom. The van der Waals surface area contributed by atoms with E-state index in [0.717, 1.165) is 25.2 Å². The molecule has 4 nitrogen and oxygen atoms in total. The minimum absolute atomic E-state index is 0.223. The average Bonchev–Trinajstić information content (AvgIpc) is 2.36. The van der Waals surface area contributed by atoms with E-state index in [9.17, 15) is 4.79 Å². The highest BCUT2D eigenvalue weighted by atomic mass is 16.4. The molecule has 2 N–H and O–H groups in total. The molecule has 0 heterocycles. The van der Waals surface area contributed by atoms with E-state index in [1.54, 1.807) is 6.92 Å². The molecule has 0 aliphatic rings. The van der Waals surface area contributed by atoms with E-state index in [2.05, 4.69) is 38.2 Å². The second-order valence-electron chi connectivity index (χ2n) is 6.81. The van der Waals surface area contributed by atoms with Crippen molar-refractivity contribution in [2.24, 2.45) is 5.41 Å². The maximum Gasteiger partial charge on any atom is 0.310 e. The lowest BCUT2D eigenvalue weighted by molar-refractivity contribution is -0.138. The standard InChI is InChI=1S/C17H28N2O2/c1-13(16(20)21)15-8-6-14(7-9-15)10-18-11-17(2,3)12-19(4)5/h6-9,13,18H,10-12H2,1-5H3,(H,20,21). The van der Waals surface area contributed by atoms with Crippen molar-refractivity contribution in [1.82, 2.24) is 10.2 Å². The van der Waals surface area contributed by atoms with Crippen LogP contribution in [0.3, 0.4) is 0 Å². The van der Waals surface area contributed by atoms with E-state index < -0.39 is 11.9 Å². The molecular weight excluding hydrogens is 264 g/mol. The summed E-state index contributed by atoms with van der Waals surface area (Å²) >= 11 is 0. The molecule has 0 bridgehead atoms. The summed E-state index contributed by atoms with van der Waals surface area (Å²) in [5, 5.41) is 12.5. The van der Waals surface area contributed by atoms with E-state index in [0.29, 0.717) is 0 Å². The summed E-state index contributed by atoms with van der Waals surface area (Å²) in [5.41, 5.74) is 2.25. The molecule has 0 fully saturated rings. The summed E-state index contributed by atoms with van der Waals surface area (Å²) in [6.45, 7) is 8.99.